The van der Waals surface area contributed by atoms with Crippen LogP contribution in [-0.4, -0.2) is 15.7 Å². The summed E-state index contributed by atoms with van der Waals surface area (Å²) in [5.74, 6) is -0.610. The van der Waals surface area contributed by atoms with Gasteiger partial charge in [-0.15, -0.1) is 0 Å². The number of carbonyl (C=O) groups is 1. The number of nitrogens with zero attached hydrogens (tertiary/aromatic N) is 2. The molecule has 0 saturated carbocycles. The molecule has 0 spiro atoms. The first kappa shape index (κ1) is 20.8. The number of halogens is 3. The smallest absolute Gasteiger partial charge is 0.251 e. The first-order valence-electron chi connectivity index (χ1n) is 8.79. The molecule has 2 aromatic carbocycles. The fourth-order valence-corrected chi connectivity index (χ4v) is 3.52. The zero-order valence-corrected chi connectivity index (χ0v) is 17.1. The molecule has 0 bridgehead atoms. The summed E-state index contributed by atoms with van der Waals surface area (Å²) in [7, 11) is 0. The maximum atomic E-state index is 13.2. The number of rotatable bonds is 6. The van der Waals surface area contributed by atoms with Crippen molar-refractivity contribution < 1.29 is 9.18 Å². The van der Waals surface area contributed by atoms with Crippen molar-refractivity contribution in [3.8, 4) is 5.69 Å². The fraction of sp³-hybridized carbons (Fsp3) is 0.0909. The van der Waals surface area contributed by atoms with Gasteiger partial charge in [0.1, 0.15) is 5.82 Å². The first-order valence-corrected chi connectivity index (χ1v) is 9.54. The lowest BCUT2D eigenvalue weighted by atomic mass is 10.1. The molecule has 0 atom stereocenters. The van der Waals surface area contributed by atoms with Crippen molar-refractivity contribution in [1.29, 1.82) is 0 Å². The summed E-state index contributed by atoms with van der Waals surface area (Å²) in [6, 6.07) is 11.0. The van der Waals surface area contributed by atoms with Gasteiger partial charge in [-0.3, -0.25) is 4.79 Å². The minimum atomic E-state index is -0.337. The van der Waals surface area contributed by atoms with Crippen LogP contribution in [0.4, 0.5) is 4.39 Å². The van der Waals surface area contributed by atoms with Crippen LogP contribution in [-0.2, 0) is 11.3 Å². The Balaban J connectivity index is 1.85. The first-order chi connectivity index (χ1) is 13.9. The molecule has 3 rings (SSSR count). The lowest BCUT2D eigenvalue weighted by Crippen LogP contribution is -2.24. The van der Waals surface area contributed by atoms with Crippen LogP contribution in [0.5, 0.6) is 0 Å². The van der Waals surface area contributed by atoms with Crippen molar-refractivity contribution in [1.82, 2.24) is 15.1 Å². The molecule has 0 aliphatic carbocycles. The number of allylic oxidation sites excluding steroid dienone is 1. The lowest BCUT2D eigenvalue weighted by Gasteiger charge is -2.10. The van der Waals surface area contributed by atoms with E-state index in [1.54, 1.807) is 60.3 Å². The summed E-state index contributed by atoms with van der Waals surface area (Å²) in [5.41, 5.74) is 3.15. The quantitative estimate of drug-likeness (QED) is 0.512. The Bertz CT molecular complexity index is 1070. The third kappa shape index (κ3) is 4.75. The predicted octanol–water partition coefficient (Wildman–Crippen LogP) is 5.68. The van der Waals surface area contributed by atoms with Gasteiger partial charge in [0, 0.05) is 27.7 Å². The molecule has 0 saturated heterocycles. The summed E-state index contributed by atoms with van der Waals surface area (Å²) >= 11 is 12.0. The van der Waals surface area contributed by atoms with Gasteiger partial charge in [-0.05, 0) is 61.0 Å². The van der Waals surface area contributed by atoms with Crippen LogP contribution in [0.25, 0.3) is 17.3 Å². The zero-order valence-electron chi connectivity index (χ0n) is 15.6. The predicted molar refractivity (Wildman–Crippen MR) is 116 cm³/mol. The largest absolute Gasteiger partial charge is 0.348 e. The minimum Gasteiger partial charge on any atom is -0.348 e. The average molecular weight is 430 g/mol. The van der Waals surface area contributed by atoms with E-state index in [-0.39, 0.29) is 18.3 Å². The molecule has 0 radical (unpaired) electrons. The van der Waals surface area contributed by atoms with Crippen molar-refractivity contribution in [3.63, 3.8) is 0 Å². The van der Waals surface area contributed by atoms with Gasteiger partial charge in [-0.1, -0.05) is 35.9 Å². The lowest BCUT2D eigenvalue weighted by molar-refractivity contribution is -0.115. The summed E-state index contributed by atoms with van der Waals surface area (Å²) in [6.07, 6.45) is 4.91. The highest BCUT2D eigenvalue weighted by Gasteiger charge is 2.18. The Morgan fingerprint density at radius 3 is 2.45 bits per heavy atom. The van der Waals surface area contributed by atoms with Crippen LogP contribution in [0.1, 0.15) is 23.7 Å². The van der Waals surface area contributed by atoms with E-state index in [0.29, 0.717) is 32.6 Å². The molecular formula is C22H18Cl2FN3O. The summed E-state index contributed by atoms with van der Waals surface area (Å²) in [5, 5.41) is 8.22. The Labute approximate surface area is 178 Å². The summed E-state index contributed by atoms with van der Waals surface area (Å²) < 4.78 is 14.8. The second kappa shape index (κ2) is 9.07. The topological polar surface area (TPSA) is 46.9 Å². The Hall–Kier alpha value is -2.89. The van der Waals surface area contributed by atoms with Gasteiger partial charge in [0.2, 0.25) is 0 Å². The van der Waals surface area contributed by atoms with Gasteiger partial charge in [0.05, 0.1) is 17.6 Å². The van der Waals surface area contributed by atoms with Crippen LogP contribution in [0.2, 0.25) is 10.0 Å². The number of hydrogen-bond donors (Lipinski definition) is 1. The molecule has 29 heavy (non-hydrogen) atoms. The van der Waals surface area contributed by atoms with Gasteiger partial charge in [0.15, 0.2) is 0 Å². The van der Waals surface area contributed by atoms with Gasteiger partial charge in [-0.25, -0.2) is 9.07 Å². The molecule has 4 nitrogen and oxygen atoms in total. The molecule has 7 heteroatoms. The Morgan fingerprint density at radius 1 is 1.21 bits per heavy atom. The highest BCUT2D eigenvalue weighted by molar-refractivity contribution is 6.34. The molecule has 1 heterocycles. The van der Waals surface area contributed by atoms with E-state index < -0.39 is 0 Å². The minimum absolute atomic E-state index is 0.270. The number of carbonyl (C=O) groups excluding carboxylic acids is 1. The van der Waals surface area contributed by atoms with E-state index in [9.17, 15) is 9.18 Å². The second-order valence-electron chi connectivity index (χ2n) is 6.20. The van der Waals surface area contributed by atoms with Gasteiger partial charge in [-0.2, -0.15) is 5.10 Å². The maximum absolute atomic E-state index is 13.2. The van der Waals surface area contributed by atoms with Crippen LogP contribution >= 0.6 is 23.2 Å². The summed E-state index contributed by atoms with van der Waals surface area (Å²) in [6.45, 7) is 5.87. The van der Waals surface area contributed by atoms with E-state index in [2.05, 4.69) is 17.0 Å². The van der Waals surface area contributed by atoms with Crippen LogP contribution in [0, 0.1) is 5.82 Å². The van der Waals surface area contributed by atoms with Crippen molar-refractivity contribution in [2.75, 3.05) is 0 Å². The number of benzene rings is 2. The molecule has 0 fully saturated rings. The van der Waals surface area contributed by atoms with Crippen molar-refractivity contribution >= 4 is 40.8 Å². The molecule has 1 aromatic heterocycles. The third-order valence-corrected chi connectivity index (χ3v) is 4.71. The second-order valence-corrected chi connectivity index (χ2v) is 7.07. The average Bonchev–Trinajstić information content (AvgIpc) is 3.10. The molecule has 3 aromatic rings. The number of amides is 1. The Morgan fingerprint density at radius 2 is 1.86 bits per heavy atom. The fourth-order valence-electron chi connectivity index (χ4n) is 2.95. The molecule has 1 N–H and O–H groups in total. The van der Waals surface area contributed by atoms with Crippen molar-refractivity contribution in [2.45, 2.75) is 13.5 Å². The molecule has 1 amide bonds. The molecular weight excluding hydrogens is 412 g/mol. The van der Waals surface area contributed by atoms with Gasteiger partial charge in [0.25, 0.3) is 5.91 Å². The number of hydrogen-bond acceptors (Lipinski definition) is 2. The zero-order chi connectivity index (χ0) is 21.0. The maximum Gasteiger partial charge on any atom is 0.251 e. The summed E-state index contributed by atoms with van der Waals surface area (Å²) in [4.78, 5) is 12.8. The molecule has 148 valence electrons. The molecule has 0 aliphatic heterocycles. The van der Waals surface area contributed by atoms with Crippen LogP contribution in [0.3, 0.4) is 0 Å². The number of nitrogens with one attached hydrogen (secondary N) is 1. The van der Waals surface area contributed by atoms with E-state index >= 15 is 0 Å². The van der Waals surface area contributed by atoms with Crippen LogP contribution in [0.15, 0.2) is 61.3 Å². The SMILES string of the molecule is C=Cc1c(/C(=C\C)C(=O)NCc2cc(Cl)cc(Cl)c2)cnn1-c1ccc(F)cc1. The van der Waals surface area contributed by atoms with E-state index in [0.717, 1.165) is 5.56 Å². The highest BCUT2D eigenvalue weighted by Crippen LogP contribution is 2.24. The van der Waals surface area contributed by atoms with Crippen LogP contribution < -0.4 is 5.32 Å². The highest BCUT2D eigenvalue weighted by atomic mass is 35.5. The van der Waals surface area contributed by atoms with Crippen molar-refractivity contribution in [2.24, 2.45) is 0 Å². The van der Waals surface area contributed by atoms with Gasteiger partial charge >= 0.3 is 0 Å². The molecule has 0 unspecified atom stereocenters. The van der Waals surface area contributed by atoms with Gasteiger partial charge < -0.3 is 5.32 Å². The standard InChI is InChI=1S/C22H18Cl2FN3O/c1-3-19(22(29)26-12-14-9-15(23)11-16(24)10-14)20-13-27-28(21(20)4-2)18-7-5-17(25)6-8-18/h3-11,13H,2,12H2,1H3,(H,26,29)/b19-3+. The van der Waals surface area contributed by atoms with Crippen molar-refractivity contribution in [3.05, 3.63) is 94.0 Å². The Kier molecular flexibility index (Phi) is 6.52. The third-order valence-electron chi connectivity index (χ3n) is 4.27. The van der Waals surface area contributed by atoms with E-state index in [4.69, 9.17) is 23.2 Å². The molecule has 0 aliphatic rings. The monoisotopic (exact) mass is 429 g/mol. The van der Waals surface area contributed by atoms with E-state index in [1.165, 1.54) is 12.1 Å². The normalized spacial score (nSPS) is 11.4. The number of aromatic nitrogens is 2. The van der Waals surface area contributed by atoms with E-state index in [1.807, 2.05) is 0 Å².